The van der Waals surface area contributed by atoms with Gasteiger partial charge in [-0.05, 0) is 39.5 Å². The van der Waals surface area contributed by atoms with Crippen molar-refractivity contribution < 1.29 is 14.3 Å². The lowest BCUT2D eigenvalue weighted by atomic mass is 9.60. The van der Waals surface area contributed by atoms with Gasteiger partial charge in [0.2, 0.25) is 5.91 Å². The number of nitrogens with zero attached hydrogens (tertiary/aromatic N) is 1. The van der Waals surface area contributed by atoms with Gasteiger partial charge >= 0.3 is 6.09 Å². The van der Waals surface area contributed by atoms with Crippen LogP contribution in [0.3, 0.4) is 0 Å². The highest BCUT2D eigenvalue weighted by Crippen LogP contribution is 2.56. The molecule has 0 radical (unpaired) electrons. The lowest BCUT2D eigenvalue weighted by molar-refractivity contribution is -0.130. The van der Waals surface area contributed by atoms with Crippen molar-refractivity contribution >= 4 is 12.0 Å². The van der Waals surface area contributed by atoms with Crippen LogP contribution >= 0.6 is 0 Å². The van der Waals surface area contributed by atoms with Gasteiger partial charge in [-0.25, -0.2) is 4.79 Å². The summed E-state index contributed by atoms with van der Waals surface area (Å²) in [5.74, 6) is 0.549. The molecule has 1 saturated carbocycles. The van der Waals surface area contributed by atoms with Gasteiger partial charge in [-0.1, -0.05) is 0 Å². The summed E-state index contributed by atoms with van der Waals surface area (Å²) in [5, 5.41) is 2.90. The molecular formula is C13H20N2O3. The summed E-state index contributed by atoms with van der Waals surface area (Å²) < 4.78 is 5.46. The number of nitrogens with one attached hydrogen (secondary N) is 1. The van der Waals surface area contributed by atoms with E-state index in [0.29, 0.717) is 19.0 Å². The maximum Gasteiger partial charge on any atom is 0.410 e. The molecule has 5 heteroatoms. The highest BCUT2D eigenvalue weighted by molar-refractivity contribution is 5.86. The van der Waals surface area contributed by atoms with Crippen LogP contribution in [0, 0.1) is 11.8 Å². The molecule has 0 bridgehead atoms. The summed E-state index contributed by atoms with van der Waals surface area (Å²) in [6.45, 7) is 6.91. The van der Waals surface area contributed by atoms with E-state index in [2.05, 4.69) is 5.32 Å². The van der Waals surface area contributed by atoms with Gasteiger partial charge in [0.25, 0.3) is 0 Å². The van der Waals surface area contributed by atoms with Crippen LogP contribution in [0.5, 0.6) is 0 Å². The quantitative estimate of drug-likeness (QED) is 0.703. The molecule has 3 fully saturated rings. The van der Waals surface area contributed by atoms with Gasteiger partial charge in [-0.3, -0.25) is 9.69 Å². The summed E-state index contributed by atoms with van der Waals surface area (Å²) in [7, 11) is 0. The smallest absolute Gasteiger partial charge is 0.410 e. The topological polar surface area (TPSA) is 58.6 Å². The second-order valence-electron chi connectivity index (χ2n) is 6.61. The Bertz CT molecular complexity index is 415. The molecule has 5 nitrogen and oxygen atoms in total. The maximum atomic E-state index is 12.3. The molecule has 2 saturated heterocycles. The van der Waals surface area contributed by atoms with E-state index < -0.39 is 5.60 Å². The normalized spacial score (nSPS) is 37.7. The SMILES string of the molecule is CC(C)(C)OC(=O)N1CC[C@H]2C[C@@H]3C(=O)NC[C@]231. The first-order valence-corrected chi connectivity index (χ1v) is 6.63. The van der Waals surface area contributed by atoms with E-state index in [4.69, 9.17) is 4.74 Å². The molecule has 3 atom stereocenters. The molecule has 1 aliphatic carbocycles. The number of ether oxygens (including phenoxy) is 1. The molecular weight excluding hydrogens is 232 g/mol. The second kappa shape index (κ2) is 3.39. The average molecular weight is 252 g/mol. The lowest BCUT2D eigenvalue weighted by Gasteiger charge is -2.50. The average Bonchev–Trinajstić information content (AvgIpc) is 2.61. The van der Waals surface area contributed by atoms with Gasteiger partial charge in [0.1, 0.15) is 5.60 Å². The summed E-state index contributed by atoms with van der Waals surface area (Å²) in [6, 6.07) is 0. The van der Waals surface area contributed by atoms with Crippen molar-refractivity contribution in [3.63, 3.8) is 0 Å². The molecule has 0 aromatic heterocycles. The van der Waals surface area contributed by atoms with Crippen LogP contribution in [0.15, 0.2) is 0 Å². The van der Waals surface area contributed by atoms with Crippen LogP contribution < -0.4 is 5.32 Å². The monoisotopic (exact) mass is 252 g/mol. The lowest BCUT2D eigenvalue weighted by Crippen LogP contribution is -2.63. The number of carbonyl (C=O) groups is 2. The minimum Gasteiger partial charge on any atom is -0.444 e. The molecule has 0 aromatic rings. The number of hydrogen-bond donors (Lipinski definition) is 1. The predicted molar refractivity (Wildman–Crippen MR) is 64.9 cm³/mol. The Labute approximate surface area is 107 Å². The van der Waals surface area contributed by atoms with E-state index in [1.165, 1.54) is 0 Å². The molecule has 1 spiro atoms. The fraction of sp³-hybridized carbons (Fsp3) is 0.846. The maximum absolute atomic E-state index is 12.3. The fourth-order valence-electron chi connectivity index (χ4n) is 3.71. The molecule has 18 heavy (non-hydrogen) atoms. The Morgan fingerprint density at radius 1 is 1.50 bits per heavy atom. The summed E-state index contributed by atoms with van der Waals surface area (Å²) >= 11 is 0. The Morgan fingerprint density at radius 3 is 2.83 bits per heavy atom. The third-order valence-electron chi connectivity index (χ3n) is 4.51. The summed E-state index contributed by atoms with van der Waals surface area (Å²) in [5.41, 5.74) is -0.763. The van der Waals surface area contributed by atoms with Crippen LogP contribution in [-0.4, -0.2) is 41.1 Å². The van der Waals surface area contributed by atoms with Crippen molar-refractivity contribution in [2.24, 2.45) is 11.8 Å². The second-order valence-corrected chi connectivity index (χ2v) is 6.61. The zero-order valence-corrected chi connectivity index (χ0v) is 11.2. The van der Waals surface area contributed by atoms with E-state index in [0.717, 1.165) is 12.8 Å². The van der Waals surface area contributed by atoms with Crippen LogP contribution in [0.4, 0.5) is 4.79 Å². The van der Waals surface area contributed by atoms with Crippen molar-refractivity contribution in [3.8, 4) is 0 Å². The molecule has 0 unspecified atom stereocenters. The van der Waals surface area contributed by atoms with E-state index in [9.17, 15) is 9.59 Å². The third-order valence-corrected chi connectivity index (χ3v) is 4.51. The van der Waals surface area contributed by atoms with E-state index in [1.54, 1.807) is 4.90 Å². The first-order valence-electron chi connectivity index (χ1n) is 6.63. The van der Waals surface area contributed by atoms with Gasteiger partial charge in [0, 0.05) is 13.1 Å². The summed E-state index contributed by atoms with van der Waals surface area (Å²) in [4.78, 5) is 25.8. The highest BCUT2D eigenvalue weighted by Gasteiger charge is 2.68. The van der Waals surface area contributed by atoms with Crippen LogP contribution in [0.2, 0.25) is 0 Å². The van der Waals surface area contributed by atoms with Gasteiger partial charge in [-0.15, -0.1) is 0 Å². The molecule has 1 N–H and O–H groups in total. The molecule has 2 amide bonds. The van der Waals surface area contributed by atoms with Crippen molar-refractivity contribution in [1.29, 1.82) is 0 Å². The predicted octanol–water partition coefficient (Wildman–Crippen LogP) is 1.13. The van der Waals surface area contributed by atoms with Gasteiger partial charge in [-0.2, -0.15) is 0 Å². The molecule has 3 rings (SSSR count). The molecule has 0 aromatic carbocycles. The van der Waals surface area contributed by atoms with E-state index in [1.807, 2.05) is 20.8 Å². The van der Waals surface area contributed by atoms with Gasteiger partial charge in [0.15, 0.2) is 0 Å². The number of rotatable bonds is 0. The first kappa shape index (κ1) is 11.8. The van der Waals surface area contributed by atoms with E-state index >= 15 is 0 Å². The molecule has 2 heterocycles. The largest absolute Gasteiger partial charge is 0.444 e. The van der Waals surface area contributed by atoms with Crippen LogP contribution in [-0.2, 0) is 9.53 Å². The Morgan fingerprint density at radius 2 is 2.22 bits per heavy atom. The van der Waals surface area contributed by atoms with Crippen molar-refractivity contribution in [3.05, 3.63) is 0 Å². The highest BCUT2D eigenvalue weighted by atomic mass is 16.6. The Balaban J connectivity index is 1.82. The van der Waals surface area contributed by atoms with Crippen molar-refractivity contribution in [1.82, 2.24) is 10.2 Å². The van der Waals surface area contributed by atoms with E-state index in [-0.39, 0.29) is 23.5 Å². The van der Waals surface area contributed by atoms with Crippen LogP contribution in [0.1, 0.15) is 33.6 Å². The molecule has 100 valence electrons. The number of hydrogen-bond acceptors (Lipinski definition) is 3. The van der Waals surface area contributed by atoms with Gasteiger partial charge in [0.05, 0.1) is 11.5 Å². The summed E-state index contributed by atoms with van der Waals surface area (Å²) in [6.07, 6.45) is 1.64. The van der Waals surface area contributed by atoms with Crippen molar-refractivity contribution in [2.45, 2.75) is 44.8 Å². The minimum absolute atomic E-state index is 0.0162. The zero-order chi connectivity index (χ0) is 13.1. The third kappa shape index (κ3) is 1.39. The first-order chi connectivity index (χ1) is 8.34. The van der Waals surface area contributed by atoms with Crippen LogP contribution in [0.25, 0.3) is 0 Å². The fourth-order valence-corrected chi connectivity index (χ4v) is 3.71. The Kier molecular flexibility index (Phi) is 2.23. The van der Waals surface area contributed by atoms with Gasteiger partial charge < -0.3 is 10.1 Å². The molecule has 2 aliphatic heterocycles. The minimum atomic E-state index is -0.485. The number of carbonyl (C=O) groups excluding carboxylic acids is 2. The number of likely N-dealkylation sites (tertiary alicyclic amines) is 1. The Hall–Kier alpha value is -1.26. The number of amides is 2. The zero-order valence-electron chi connectivity index (χ0n) is 11.2. The molecule has 3 aliphatic rings. The standard InChI is InChI=1S/C13H20N2O3/c1-12(2,3)18-11(17)15-5-4-8-6-9-10(16)14-7-13(8,9)15/h8-9H,4-7H2,1-3H3,(H,14,16)/t8-,9+,13-/m0/s1. The van der Waals surface area contributed by atoms with Crippen molar-refractivity contribution in [2.75, 3.05) is 13.1 Å².